The van der Waals surface area contributed by atoms with Crippen molar-refractivity contribution in [3.63, 3.8) is 0 Å². The molecule has 1 amide bonds. The second-order valence-corrected chi connectivity index (χ2v) is 13.7. The van der Waals surface area contributed by atoms with E-state index < -0.39 is 10.0 Å². The molecule has 2 aromatic carbocycles. The van der Waals surface area contributed by atoms with Crippen molar-refractivity contribution < 1.29 is 17.9 Å². The summed E-state index contributed by atoms with van der Waals surface area (Å²) < 4.78 is 34.1. The molecule has 1 atom stereocenters. The summed E-state index contributed by atoms with van der Waals surface area (Å²) in [7, 11) is 1.86. The Hall–Kier alpha value is -3.54. The number of nitrogens with one attached hydrogen (secondary N) is 2. The summed E-state index contributed by atoms with van der Waals surface area (Å²) in [6, 6.07) is 18.0. The molecular formula is C31H37N5O4S2. The summed E-state index contributed by atoms with van der Waals surface area (Å²) in [5.41, 5.74) is 3.35. The van der Waals surface area contributed by atoms with Gasteiger partial charge in [-0.1, -0.05) is 48.4 Å². The van der Waals surface area contributed by atoms with Crippen LogP contribution in [0.15, 0.2) is 65.6 Å². The van der Waals surface area contributed by atoms with Gasteiger partial charge in [0.2, 0.25) is 11.8 Å². The number of likely N-dealkylation sites (N-methyl/N-ethyl adjacent to an activating group) is 1. The molecule has 0 radical (unpaired) electrons. The van der Waals surface area contributed by atoms with Gasteiger partial charge < -0.3 is 15.0 Å². The smallest absolute Gasteiger partial charge is 0.261 e. The minimum Gasteiger partial charge on any atom is -0.481 e. The van der Waals surface area contributed by atoms with Gasteiger partial charge in [-0.2, -0.15) is 0 Å². The van der Waals surface area contributed by atoms with E-state index in [0.29, 0.717) is 39.4 Å². The van der Waals surface area contributed by atoms with Crippen LogP contribution in [0.5, 0.6) is 5.88 Å². The first-order chi connectivity index (χ1) is 20.2. The fourth-order valence-corrected chi connectivity index (χ4v) is 7.36. The third kappa shape index (κ3) is 7.45. The van der Waals surface area contributed by atoms with E-state index in [9.17, 15) is 13.2 Å². The highest BCUT2D eigenvalue weighted by Gasteiger charge is 2.29. The first-order valence-electron chi connectivity index (χ1n) is 14.2. The number of amides is 1. The van der Waals surface area contributed by atoms with Gasteiger partial charge in [0, 0.05) is 24.7 Å². The van der Waals surface area contributed by atoms with Gasteiger partial charge in [0.15, 0.2) is 5.13 Å². The summed E-state index contributed by atoms with van der Waals surface area (Å²) >= 11 is 1.31. The molecule has 0 saturated heterocycles. The van der Waals surface area contributed by atoms with Crippen LogP contribution in [0, 0.1) is 5.92 Å². The van der Waals surface area contributed by atoms with Crippen LogP contribution in [0.4, 0.5) is 10.8 Å². The van der Waals surface area contributed by atoms with Crippen molar-refractivity contribution in [3.8, 4) is 5.88 Å². The topological polar surface area (TPSA) is 114 Å². The lowest BCUT2D eigenvalue weighted by atomic mass is 9.82. The predicted octanol–water partition coefficient (Wildman–Crippen LogP) is 5.91. The van der Waals surface area contributed by atoms with Crippen LogP contribution in [0.3, 0.4) is 0 Å². The zero-order chi connectivity index (χ0) is 29.7. The van der Waals surface area contributed by atoms with Gasteiger partial charge in [-0.25, -0.2) is 18.4 Å². The van der Waals surface area contributed by atoms with Crippen LogP contribution in [0.2, 0.25) is 0 Å². The Morgan fingerprint density at radius 2 is 1.74 bits per heavy atom. The first-order valence-corrected chi connectivity index (χ1v) is 16.5. The average Bonchev–Trinajstić information content (AvgIpc) is 3.65. The van der Waals surface area contributed by atoms with Crippen molar-refractivity contribution in [2.75, 3.05) is 37.8 Å². The molecule has 1 saturated carbocycles. The molecule has 2 aromatic heterocycles. The number of hydrogen-bond donors (Lipinski definition) is 2. The zero-order valence-corrected chi connectivity index (χ0v) is 25.8. The van der Waals surface area contributed by atoms with Crippen molar-refractivity contribution in [1.82, 2.24) is 14.9 Å². The Morgan fingerprint density at radius 1 is 1.02 bits per heavy atom. The van der Waals surface area contributed by atoms with Gasteiger partial charge in [-0.05, 0) is 86.7 Å². The maximum Gasteiger partial charge on any atom is 0.261 e. The molecule has 1 fully saturated rings. The van der Waals surface area contributed by atoms with Crippen molar-refractivity contribution in [2.24, 2.45) is 5.92 Å². The van der Waals surface area contributed by atoms with Gasteiger partial charge in [0.1, 0.15) is 10.3 Å². The number of carbonyl (C=O) groups excluding carboxylic acids is 1. The molecule has 42 heavy (non-hydrogen) atoms. The number of sulfonamides is 1. The predicted molar refractivity (Wildman–Crippen MR) is 168 cm³/mol. The minimum atomic E-state index is -3.75. The summed E-state index contributed by atoms with van der Waals surface area (Å²) in [5.74, 6) is 0.730. The maximum absolute atomic E-state index is 13.2. The summed E-state index contributed by atoms with van der Waals surface area (Å²) in [5, 5.41) is 3.45. The van der Waals surface area contributed by atoms with Gasteiger partial charge in [-0.3, -0.25) is 9.52 Å². The number of ether oxygens (including phenoxy) is 1. The number of methoxy groups -OCH3 is 1. The minimum absolute atomic E-state index is 0.0143. The zero-order valence-electron chi connectivity index (χ0n) is 24.2. The molecular weight excluding hydrogens is 571 g/mol. The highest BCUT2D eigenvalue weighted by atomic mass is 32.2. The van der Waals surface area contributed by atoms with E-state index in [2.05, 4.69) is 24.9 Å². The van der Waals surface area contributed by atoms with E-state index in [1.165, 1.54) is 11.3 Å². The molecule has 4 aromatic rings. The number of anilines is 2. The van der Waals surface area contributed by atoms with Crippen LogP contribution in [-0.2, 0) is 21.2 Å². The van der Waals surface area contributed by atoms with Gasteiger partial charge in [0.25, 0.3) is 10.0 Å². The van der Waals surface area contributed by atoms with Gasteiger partial charge in [-0.15, -0.1) is 0 Å². The van der Waals surface area contributed by atoms with E-state index in [4.69, 9.17) is 4.74 Å². The highest BCUT2D eigenvalue weighted by molar-refractivity contribution is 7.92. The molecule has 0 aliphatic heterocycles. The van der Waals surface area contributed by atoms with Crippen molar-refractivity contribution in [2.45, 2.75) is 49.3 Å². The SMILES string of the molecule is COc1ccc2nc(NC(=O)CC(c3ccc(S(=O)(=O)Nc4ccc(CCN(C)C)cc4)cc3)C3CCCC3)sc2n1. The molecule has 2 N–H and O–H groups in total. The highest BCUT2D eigenvalue weighted by Crippen LogP contribution is 2.40. The number of hydrogen-bond acceptors (Lipinski definition) is 8. The van der Waals surface area contributed by atoms with E-state index in [-0.39, 0.29) is 16.7 Å². The lowest BCUT2D eigenvalue weighted by molar-refractivity contribution is -0.116. The molecule has 0 spiro atoms. The molecule has 5 rings (SSSR count). The van der Waals surface area contributed by atoms with Crippen molar-refractivity contribution in [3.05, 3.63) is 71.8 Å². The maximum atomic E-state index is 13.2. The Morgan fingerprint density at radius 3 is 2.40 bits per heavy atom. The molecule has 11 heteroatoms. The summed E-state index contributed by atoms with van der Waals surface area (Å²) in [6.45, 7) is 0.927. The number of carbonyl (C=O) groups is 1. The first kappa shape index (κ1) is 29.9. The summed E-state index contributed by atoms with van der Waals surface area (Å²) in [4.78, 5) is 25.1. The normalized spacial score (nSPS) is 14.8. The van der Waals surface area contributed by atoms with E-state index >= 15 is 0 Å². The Kier molecular flexibility index (Phi) is 9.40. The average molecular weight is 608 g/mol. The van der Waals surface area contributed by atoms with E-state index in [1.54, 1.807) is 37.4 Å². The van der Waals surface area contributed by atoms with Crippen molar-refractivity contribution in [1.29, 1.82) is 0 Å². The molecule has 2 heterocycles. The van der Waals surface area contributed by atoms with Crippen LogP contribution in [-0.4, -0.2) is 56.9 Å². The summed E-state index contributed by atoms with van der Waals surface area (Å²) in [6.07, 6.45) is 5.57. The number of rotatable bonds is 12. The monoisotopic (exact) mass is 607 g/mol. The lowest BCUT2D eigenvalue weighted by Crippen LogP contribution is -2.20. The molecule has 9 nitrogen and oxygen atoms in total. The van der Waals surface area contributed by atoms with Crippen molar-refractivity contribution >= 4 is 48.4 Å². The Labute approximate surface area is 251 Å². The Bertz CT molecular complexity index is 1610. The largest absolute Gasteiger partial charge is 0.481 e. The molecule has 222 valence electrons. The fourth-order valence-electron chi connectivity index (χ4n) is 5.45. The third-order valence-electron chi connectivity index (χ3n) is 7.73. The number of pyridine rings is 1. The number of aromatic nitrogens is 2. The second-order valence-electron chi connectivity index (χ2n) is 11.0. The van der Waals surface area contributed by atoms with Crippen LogP contribution < -0.4 is 14.8 Å². The van der Waals surface area contributed by atoms with Crippen LogP contribution >= 0.6 is 11.3 Å². The number of nitrogens with zero attached hydrogens (tertiary/aromatic N) is 3. The van der Waals surface area contributed by atoms with Gasteiger partial charge in [0.05, 0.1) is 12.0 Å². The third-order valence-corrected chi connectivity index (χ3v) is 10.0. The quantitative estimate of drug-likeness (QED) is 0.206. The number of thiazole rings is 1. The van der Waals surface area contributed by atoms with Crippen LogP contribution in [0.1, 0.15) is 49.1 Å². The molecule has 1 aliphatic rings. The fraction of sp³-hybridized carbons (Fsp3) is 0.387. The number of benzene rings is 2. The molecule has 0 bridgehead atoms. The molecule has 1 aliphatic carbocycles. The number of fused-ring (bicyclic) bond motifs is 1. The standard InChI is InChI=1S/C31H37N5O4S2/c1-36(2)19-18-21-8-12-24(13-9-21)35-42(38,39)25-14-10-23(11-15-25)26(22-6-4-5-7-22)20-28(37)33-31-32-27-16-17-29(40-3)34-30(27)41-31/h8-17,22,26,35H,4-7,18-20H2,1-3H3,(H,32,33,37). The van der Waals surface area contributed by atoms with E-state index in [1.807, 2.05) is 44.4 Å². The Balaban J connectivity index is 1.27. The lowest BCUT2D eigenvalue weighted by Gasteiger charge is -2.23. The van der Waals surface area contributed by atoms with Gasteiger partial charge >= 0.3 is 0 Å². The second kappa shape index (κ2) is 13.2. The molecule has 1 unspecified atom stereocenters. The van der Waals surface area contributed by atoms with Crippen LogP contribution in [0.25, 0.3) is 10.3 Å². The van der Waals surface area contributed by atoms with E-state index in [0.717, 1.165) is 49.8 Å².